The molecule has 0 spiro atoms. The normalized spacial score (nSPS) is 16.0. The van der Waals surface area contributed by atoms with Gasteiger partial charge in [-0.25, -0.2) is 14.3 Å². The van der Waals surface area contributed by atoms with Crippen molar-refractivity contribution in [2.45, 2.75) is 9.79 Å². The highest BCUT2D eigenvalue weighted by atomic mass is 32.2. The Kier molecular flexibility index (Phi) is 7.81. The van der Waals surface area contributed by atoms with Gasteiger partial charge in [-0.1, -0.05) is 18.2 Å². The number of allylic oxidation sites excluding steroid dienone is 2. The van der Waals surface area contributed by atoms with Crippen LogP contribution in [0.2, 0.25) is 0 Å². The van der Waals surface area contributed by atoms with Crippen LogP contribution in [0.15, 0.2) is 86.4 Å². The van der Waals surface area contributed by atoms with Crippen LogP contribution in [0.5, 0.6) is 0 Å². The number of anilines is 1. The number of nitrogens with zero attached hydrogens (tertiary/aromatic N) is 3. The van der Waals surface area contributed by atoms with E-state index >= 15 is 0 Å². The number of hydrogen-bond donors (Lipinski definition) is 5. The van der Waals surface area contributed by atoms with Gasteiger partial charge in [0.05, 0.1) is 26.7 Å². The smallest absolute Gasteiger partial charge is 0.354 e. The molecule has 1 aromatic heterocycles. The zero-order chi connectivity index (χ0) is 31.0. The third kappa shape index (κ3) is 5.95. The molecule has 0 saturated heterocycles. The van der Waals surface area contributed by atoms with Gasteiger partial charge in [0.15, 0.2) is 11.4 Å². The molecule has 0 saturated carbocycles. The van der Waals surface area contributed by atoms with Gasteiger partial charge in [0.25, 0.3) is 31.7 Å². The second-order valence-corrected chi connectivity index (χ2v) is 11.3. The van der Waals surface area contributed by atoms with Gasteiger partial charge in [0, 0.05) is 0 Å². The molecule has 2 heterocycles. The molecule has 42 heavy (non-hydrogen) atoms. The molecule has 218 valence electrons. The number of carboxylic acids is 2. The Hall–Kier alpha value is -5.17. The van der Waals surface area contributed by atoms with Gasteiger partial charge >= 0.3 is 11.9 Å². The number of hydrazone groups is 1. The van der Waals surface area contributed by atoms with Crippen molar-refractivity contribution in [3.63, 3.8) is 0 Å². The molecule has 3 aromatic rings. The molecule has 4 rings (SSSR count). The minimum atomic E-state index is -4.51. The molecule has 5 N–H and O–H groups in total. The number of carbonyl (C=O) groups is 3. The average molecular weight is 619 g/mol. The maximum atomic E-state index is 12.9. The monoisotopic (exact) mass is 618 g/mol. The number of carbonyl (C=O) groups excluding carboxylic acids is 1. The first-order valence-corrected chi connectivity index (χ1v) is 14.2. The third-order valence-corrected chi connectivity index (χ3v) is 7.52. The molecular weight excluding hydrogens is 600 g/mol. The number of nitrogens with one attached hydrogen (secondary N) is 1. The van der Waals surface area contributed by atoms with Crippen LogP contribution in [-0.4, -0.2) is 69.5 Å². The van der Waals surface area contributed by atoms with E-state index < -0.39 is 70.8 Å². The van der Waals surface area contributed by atoms with Gasteiger partial charge in [0.1, 0.15) is 5.92 Å². The quantitative estimate of drug-likeness (QED) is 0.166. The molecule has 1 aliphatic rings. The van der Waals surface area contributed by atoms with Crippen LogP contribution in [-0.2, 0) is 29.8 Å². The topological polar surface area (TPSA) is 254 Å². The lowest BCUT2D eigenvalue weighted by molar-refractivity contribution is -0.130. The van der Waals surface area contributed by atoms with E-state index in [9.17, 15) is 46.2 Å². The fourth-order valence-corrected chi connectivity index (χ4v) is 4.77. The van der Waals surface area contributed by atoms with Crippen molar-refractivity contribution >= 4 is 55.6 Å². The molecule has 1 aliphatic heterocycles. The Morgan fingerprint density at radius 2 is 1.33 bits per heavy atom. The second-order valence-electron chi connectivity index (χ2n) is 8.45. The van der Waals surface area contributed by atoms with Gasteiger partial charge in [0.2, 0.25) is 0 Å². The summed E-state index contributed by atoms with van der Waals surface area (Å²) in [6.45, 7) is 0. The van der Waals surface area contributed by atoms with E-state index in [1.165, 1.54) is 12.2 Å². The van der Waals surface area contributed by atoms with Gasteiger partial charge in [-0.2, -0.15) is 26.9 Å². The minimum absolute atomic E-state index is 0.0150. The molecule has 0 aliphatic carbocycles. The van der Waals surface area contributed by atoms with Crippen LogP contribution in [0.25, 0.3) is 11.8 Å². The van der Waals surface area contributed by atoms with Crippen LogP contribution in [0, 0.1) is 5.92 Å². The predicted molar refractivity (Wildman–Crippen MR) is 144 cm³/mol. The Bertz CT molecular complexity index is 1970. The highest BCUT2D eigenvalue weighted by Crippen LogP contribution is 2.26. The SMILES string of the molecule is O=C(O)C1=NN(c2ccc(S(=O)(=O)O)cc2)C(=O)C1C=CC=Cc1c(C(=O)O)[nH]n(-c2ccc(S(=O)(=O)O)cc2)c1=O. The summed E-state index contributed by atoms with van der Waals surface area (Å²) >= 11 is 0. The zero-order valence-electron chi connectivity index (χ0n) is 20.7. The molecule has 0 bridgehead atoms. The fraction of sp³-hybridized carbons (Fsp3) is 0.0417. The summed E-state index contributed by atoms with van der Waals surface area (Å²) < 4.78 is 64.0. The Morgan fingerprint density at radius 3 is 1.81 bits per heavy atom. The van der Waals surface area contributed by atoms with E-state index in [-0.39, 0.29) is 16.9 Å². The van der Waals surface area contributed by atoms with Crippen molar-refractivity contribution in [1.29, 1.82) is 0 Å². The van der Waals surface area contributed by atoms with Crippen LogP contribution < -0.4 is 10.6 Å². The van der Waals surface area contributed by atoms with Crippen molar-refractivity contribution in [1.82, 2.24) is 9.78 Å². The molecule has 1 amide bonds. The highest BCUT2D eigenvalue weighted by molar-refractivity contribution is 7.86. The Labute approximate surface area is 235 Å². The second kappa shape index (κ2) is 11.0. The molecule has 0 fully saturated rings. The maximum Gasteiger partial charge on any atom is 0.354 e. The lowest BCUT2D eigenvalue weighted by Crippen LogP contribution is -2.28. The summed E-state index contributed by atoms with van der Waals surface area (Å²) in [6.07, 6.45) is 4.59. The first kappa shape index (κ1) is 29.8. The predicted octanol–water partition coefficient (Wildman–Crippen LogP) is 1.03. The number of aromatic carboxylic acids is 1. The van der Waals surface area contributed by atoms with Crippen LogP contribution in [0.3, 0.4) is 0 Å². The van der Waals surface area contributed by atoms with Crippen LogP contribution in [0.1, 0.15) is 16.1 Å². The Balaban J connectivity index is 1.60. The lowest BCUT2D eigenvalue weighted by Gasteiger charge is -2.13. The fourth-order valence-electron chi connectivity index (χ4n) is 3.81. The molecule has 2 aromatic carbocycles. The van der Waals surface area contributed by atoms with Gasteiger partial charge in [-0.3, -0.25) is 23.8 Å². The van der Waals surface area contributed by atoms with E-state index in [4.69, 9.17) is 9.11 Å². The number of benzene rings is 2. The number of amides is 1. The molecule has 16 nitrogen and oxygen atoms in total. The van der Waals surface area contributed by atoms with Crippen molar-refractivity contribution in [3.8, 4) is 5.69 Å². The molecule has 1 atom stereocenters. The number of carboxylic acid groups (broad SMARTS) is 2. The molecule has 0 radical (unpaired) electrons. The van der Waals surface area contributed by atoms with Gasteiger partial charge in [-0.05, 0) is 54.6 Å². The number of rotatable bonds is 9. The number of aromatic amines is 1. The van der Waals surface area contributed by atoms with Crippen molar-refractivity contribution in [2.75, 3.05) is 5.01 Å². The standard InChI is InChI=1S/C24H18N4O12S2/c29-21-17(19(23(31)32)25-27(21)13-5-9-15(10-6-13)41(35,36)37)3-1-2-4-18-20(24(33)34)26-28(22(18)30)14-7-11-16(12-8-14)42(38,39)40/h1-12,17,26H,(H,31,32)(H,33,34)(H,35,36,37)(H,38,39,40). The molecule has 1 unspecified atom stereocenters. The zero-order valence-corrected chi connectivity index (χ0v) is 22.4. The summed E-state index contributed by atoms with van der Waals surface area (Å²) in [5, 5.41) is 26.0. The summed E-state index contributed by atoms with van der Waals surface area (Å²) in [4.78, 5) is 48.4. The summed E-state index contributed by atoms with van der Waals surface area (Å²) in [5.74, 6) is -5.26. The first-order valence-electron chi connectivity index (χ1n) is 11.3. The maximum absolute atomic E-state index is 12.9. The van der Waals surface area contributed by atoms with Gasteiger partial charge < -0.3 is 10.2 Å². The summed E-state index contributed by atoms with van der Waals surface area (Å²) in [5.41, 5.74) is -2.23. The number of aromatic nitrogens is 2. The third-order valence-electron chi connectivity index (χ3n) is 5.79. The number of H-pyrrole nitrogens is 1. The van der Waals surface area contributed by atoms with Crippen molar-refractivity contribution in [3.05, 3.63) is 88.4 Å². The van der Waals surface area contributed by atoms with E-state index in [2.05, 4.69) is 10.2 Å². The molecular formula is C24H18N4O12S2. The van der Waals surface area contributed by atoms with Gasteiger partial charge in [-0.15, -0.1) is 0 Å². The van der Waals surface area contributed by atoms with Crippen molar-refractivity contribution in [2.24, 2.45) is 11.0 Å². The number of aliphatic carboxylic acids is 1. The average Bonchev–Trinajstić information content (AvgIpc) is 3.42. The summed E-state index contributed by atoms with van der Waals surface area (Å²) in [6, 6.07) is 8.57. The highest BCUT2D eigenvalue weighted by Gasteiger charge is 2.38. The minimum Gasteiger partial charge on any atom is -0.477 e. The van der Waals surface area contributed by atoms with Crippen molar-refractivity contribution < 1.29 is 50.5 Å². The first-order chi connectivity index (χ1) is 19.6. The van der Waals surface area contributed by atoms with Crippen LogP contribution in [0.4, 0.5) is 5.69 Å². The Morgan fingerprint density at radius 1 is 0.810 bits per heavy atom. The van der Waals surface area contributed by atoms with Crippen LogP contribution >= 0.6 is 0 Å². The van der Waals surface area contributed by atoms with E-state index in [1.54, 1.807) is 0 Å². The van der Waals surface area contributed by atoms with E-state index in [0.717, 1.165) is 70.4 Å². The lowest BCUT2D eigenvalue weighted by atomic mass is 10.0. The largest absolute Gasteiger partial charge is 0.477 e. The number of hydrogen-bond acceptors (Lipinski definition) is 9. The summed E-state index contributed by atoms with van der Waals surface area (Å²) in [7, 11) is -9.01. The van der Waals surface area contributed by atoms with E-state index in [0.29, 0.717) is 0 Å². The van der Waals surface area contributed by atoms with E-state index in [1.807, 2.05) is 0 Å². The molecule has 18 heteroatoms.